The maximum Gasteiger partial charge on any atom is 0.253 e. The van der Waals surface area contributed by atoms with E-state index in [2.05, 4.69) is 13.8 Å². The molecule has 1 aliphatic heterocycles. The average molecular weight is 219 g/mol. The number of rotatable bonds is 1. The van der Waals surface area contributed by atoms with E-state index >= 15 is 0 Å². The van der Waals surface area contributed by atoms with Crippen LogP contribution in [0.4, 0.5) is 0 Å². The Morgan fingerprint density at radius 1 is 1.38 bits per heavy atom. The van der Waals surface area contributed by atoms with Gasteiger partial charge in [-0.25, -0.2) is 0 Å². The summed E-state index contributed by atoms with van der Waals surface area (Å²) in [7, 11) is 3.54. The Labute approximate surface area is 96.0 Å². The molecule has 1 aliphatic rings. The number of amides is 1. The third-order valence-corrected chi connectivity index (χ3v) is 2.93. The van der Waals surface area contributed by atoms with Gasteiger partial charge in [0.05, 0.1) is 6.61 Å². The van der Waals surface area contributed by atoms with E-state index in [1.165, 1.54) is 0 Å². The van der Waals surface area contributed by atoms with E-state index in [-0.39, 0.29) is 11.3 Å². The van der Waals surface area contributed by atoms with E-state index in [0.717, 1.165) is 16.9 Å². The largest absolute Gasteiger partial charge is 0.492 e. The highest BCUT2D eigenvalue weighted by Crippen LogP contribution is 2.40. The number of nitrogens with zero attached hydrogens (tertiary/aromatic N) is 1. The summed E-state index contributed by atoms with van der Waals surface area (Å²) in [5.74, 6) is 0.883. The van der Waals surface area contributed by atoms with Crippen molar-refractivity contribution in [3.63, 3.8) is 0 Å². The molecule has 0 fully saturated rings. The van der Waals surface area contributed by atoms with Crippen LogP contribution >= 0.6 is 0 Å². The summed E-state index contributed by atoms with van der Waals surface area (Å²) in [5.41, 5.74) is 1.70. The van der Waals surface area contributed by atoms with Crippen LogP contribution in [-0.4, -0.2) is 31.5 Å². The molecule has 0 bridgehead atoms. The van der Waals surface area contributed by atoms with Gasteiger partial charge in [-0.3, -0.25) is 4.79 Å². The fourth-order valence-corrected chi connectivity index (χ4v) is 2.10. The Bertz CT molecular complexity index is 436. The molecule has 2 rings (SSSR count). The van der Waals surface area contributed by atoms with Gasteiger partial charge in [-0.05, 0) is 12.1 Å². The van der Waals surface area contributed by atoms with Crippen molar-refractivity contribution in [3.05, 3.63) is 29.3 Å². The van der Waals surface area contributed by atoms with Gasteiger partial charge in [-0.2, -0.15) is 0 Å². The third-order valence-electron chi connectivity index (χ3n) is 2.93. The Morgan fingerprint density at radius 3 is 2.69 bits per heavy atom. The van der Waals surface area contributed by atoms with E-state index in [1.54, 1.807) is 19.0 Å². The molecule has 0 unspecified atom stereocenters. The number of hydrogen-bond donors (Lipinski definition) is 0. The first-order chi connectivity index (χ1) is 7.43. The lowest BCUT2D eigenvalue weighted by atomic mass is 9.83. The summed E-state index contributed by atoms with van der Waals surface area (Å²) in [6, 6.07) is 5.67. The molecule has 0 aliphatic carbocycles. The van der Waals surface area contributed by atoms with Gasteiger partial charge in [0.1, 0.15) is 5.75 Å². The predicted octanol–water partition coefficient (Wildman–Crippen LogP) is 2.06. The SMILES string of the molecule is CN(C)C(=O)c1cccc2c1C(C)(C)CO2. The molecule has 1 aromatic rings. The quantitative estimate of drug-likeness (QED) is 0.723. The van der Waals surface area contributed by atoms with Crippen molar-refractivity contribution in [1.82, 2.24) is 4.90 Å². The summed E-state index contributed by atoms with van der Waals surface area (Å²) < 4.78 is 5.61. The smallest absolute Gasteiger partial charge is 0.253 e. The van der Waals surface area contributed by atoms with Crippen LogP contribution in [0.5, 0.6) is 5.75 Å². The first kappa shape index (κ1) is 11.0. The molecule has 1 amide bonds. The van der Waals surface area contributed by atoms with Crippen molar-refractivity contribution in [2.45, 2.75) is 19.3 Å². The number of benzene rings is 1. The average Bonchev–Trinajstić information content (AvgIpc) is 2.54. The number of carbonyl (C=O) groups is 1. The van der Waals surface area contributed by atoms with Crippen LogP contribution in [0, 0.1) is 0 Å². The standard InChI is InChI=1S/C13H17NO2/c1-13(2)8-16-10-7-5-6-9(11(10)13)12(15)14(3)4/h5-7H,8H2,1-4H3. The summed E-state index contributed by atoms with van der Waals surface area (Å²) in [5, 5.41) is 0. The maximum absolute atomic E-state index is 12.1. The minimum absolute atomic E-state index is 0.0374. The molecule has 0 N–H and O–H groups in total. The fraction of sp³-hybridized carbons (Fsp3) is 0.462. The lowest BCUT2D eigenvalue weighted by Crippen LogP contribution is -2.27. The number of hydrogen-bond acceptors (Lipinski definition) is 2. The second-order valence-electron chi connectivity index (χ2n) is 5.05. The summed E-state index contributed by atoms with van der Waals surface area (Å²) >= 11 is 0. The summed E-state index contributed by atoms with van der Waals surface area (Å²) in [4.78, 5) is 13.7. The fourth-order valence-electron chi connectivity index (χ4n) is 2.10. The topological polar surface area (TPSA) is 29.5 Å². The van der Waals surface area contributed by atoms with Crippen LogP contribution in [-0.2, 0) is 5.41 Å². The van der Waals surface area contributed by atoms with E-state index < -0.39 is 0 Å². The molecule has 1 aromatic carbocycles. The molecule has 1 heterocycles. The lowest BCUT2D eigenvalue weighted by molar-refractivity contribution is 0.0825. The summed E-state index contributed by atoms with van der Waals surface area (Å²) in [6.07, 6.45) is 0. The van der Waals surface area contributed by atoms with Gasteiger partial charge in [-0.1, -0.05) is 19.9 Å². The molecule has 86 valence electrons. The van der Waals surface area contributed by atoms with Gasteiger partial charge in [0, 0.05) is 30.6 Å². The Hall–Kier alpha value is -1.51. The van der Waals surface area contributed by atoms with Crippen molar-refractivity contribution in [2.75, 3.05) is 20.7 Å². The van der Waals surface area contributed by atoms with Crippen LogP contribution in [0.15, 0.2) is 18.2 Å². The zero-order valence-corrected chi connectivity index (χ0v) is 10.2. The van der Waals surface area contributed by atoms with Crippen molar-refractivity contribution in [2.24, 2.45) is 0 Å². The second kappa shape index (κ2) is 3.51. The van der Waals surface area contributed by atoms with Crippen LogP contribution in [0.3, 0.4) is 0 Å². The molecule has 0 spiro atoms. The van der Waals surface area contributed by atoms with Crippen molar-refractivity contribution in [3.8, 4) is 5.75 Å². The Kier molecular flexibility index (Phi) is 2.41. The van der Waals surface area contributed by atoms with E-state index in [1.807, 2.05) is 18.2 Å². The molecule has 0 radical (unpaired) electrons. The van der Waals surface area contributed by atoms with E-state index in [9.17, 15) is 4.79 Å². The van der Waals surface area contributed by atoms with Crippen molar-refractivity contribution >= 4 is 5.91 Å². The van der Waals surface area contributed by atoms with Crippen LogP contribution < -0.4 is 4.74 Å². The highest BCUT2D eigenvalue weighted by molar-refractivity contribution is 5.96. The molecule has 0 saturated heterocycles. The lowest BCUT2D eigenvalue weighted by Gasteiger charge is -2.20. The van der Waals surface area contributed by atoms with Crippen molar-refractivity contribution in [1.29, 1.82) is 0 Å². The minimum atomic E-state index is -0.0857. The highest BCUT2D eigenvalue weighted by Gasteiger charge is 2.35. The van der Waals surface area contributed by atoms with Gasteiger partial charge in [0.2, 0.25) is 0 Å². The second-order valence-corrected chi connectivity index (χ2v) is 5.05. The zero-order valence-electron chi connectivity index (χ0n) is 10.2. The molecule has 0 aromatic heterocycles. The number of carbonyl (C=O) groups excluding carboxylic acids is 1. The first-order valence-electron chi connectivity index (χ1n) is 5.41. The monoisotopic (exact) mass is 219 g/mol. The number of fused-ring (bicyclic) bond motifs is 1. The normalized spacial score (nSPS) is 16.5. The first-order valence-corrected chi connectivity index (χ1v) is 5.41. The molecule has 16 heavy (non-hydrogen) atoms. The predicted molar refractivity (Wildman–Crippen MR) is 63.0 cm³/mol. The van der Waals surface area contributed by atoms with Gasteiger partial charge in [0.25, 0.3) is 5.91 Å². The van der Waals surface area contributed by atoms with Gasteiger partial charge in [0.15, 0.2) is 0 Å². The minimum Gasteiger partial charge on any atom is -0.492 e. The molecule has 0 saturated carbocycles. The molecular weight excluding hydrogens is 202 g/mol. The Balaban J connectivity index is 2.57. The highest BCUT2D eigenvalue weighted by atomic mass is 16.5. The van der Waals surface area contributed by atoms with Crippen LogP contribution in [0.25, 0.3) is 0 Å². The van der Waals surface area contributed by atoms with Crippen LogP contribution in [0.1, 0.15) is 29.8 Å². The van der Waals surface area contributed by atoms with Gasteiger partial charge < -0.3 is 9.64 Å². The van der Waals surface area contributed by atoms with E-state index in [0.29, 0.717) is 6.61 Å². The van der Waals surface area contributed by atoms with Crippen molar-refractivity contribution < 1.29 is 9.53 Å². The number of ether oxygens (including phenoxy) is 1. The molecule has 0 atom stereocenters. The third kappa shape index (κ3) is 1.56. The summed E-state index contributed by atoms with van der Waals surface area (Å²) in [6.45, 7) is 4.84. The van der Waals surface area contributed by atoms with Gasteiger partial charge in [-0.15, -0.1) is 0 Å². The zero-order chi connectivity index (χ0) is 11.9. The molecular formula is C13H17NO2. The molecule has 3 nitrogen and oxygen atoms in total. The van der Waals surface area contributed by atoms with Crippen LogP contribution in [0.2, 0.25) is 0 Å². The Morgan fingerprint density at radius 2 is 2.06 bits per heavy atom. The van der Waals surface area contributed by atoms with E-state index in [4.69, 9.17) is 4.74 Å². The maximum atomic E-state index is 12.1. The molecule has 3 heteroatoms. The van der Waals surface area contributed by atoms with Gasteiger partial charge >= 0.3 is 0 Å².